The normalized spacial score (nSPS) is 24.3. The third-order valence-corrected chi connectivity index (χ3v) is 4.94. The van der Waals surface area contributed by atoms with Crippen molar-refractivity contribution < 1.29 is 18.7 Å². The lowest BCUT2D eigenvalue weighted by Crippen LogP contribution is -2.45. The lowest BCUT2D eigenvalue weighted by atomic mass is 9.95. The van der Waals surface area contributed by atoms with Crippen LogP contribution < -0.4 is 11.1 Å². The Balaban J connectivity index is 1.47. The van der Waals surface area contributed by atoms with E-state index in [1.165, 1.54) is 24.3 Å². The first-order valence-electron chi connectivity index (χ1n) is 8.77. The number of benzene rings is 1. The summed E-state index contributed by atoms with van der Waals surface area (Å²) in [5.74, 6) is -0.557. The summed E-state index contributed by atoms with van der Waals surface area (Å²) < 4.78 is 18.6. The molecule has 136 valence electrons. The number of carbonyl (C=O) groups is 2. The number of hydrogen-bond donors (Lipinski definition) is 2. The molecule has 0 bridgehead atoms. The maximum Gasteiger partial charge on any atom is 0.251 e. The highest BCUT2D eigenvalue weighted by molar-refractivity contribution is 5.92. The molecule has 0 unspecified atom stereocenters. The standard InChI is InChI=1S/C18H24FN3O3/c19-13-1-3-14(4-2-13)21-17(23)12-7-9-22(10-8-12)18(24)16-6-5-15(11-20)25-16/h1-4,12,15-16H,5-11,20H2,(H,21,23)/t15-,16+/m1/s1. The first kappa shape index (κ1) is 17.8. The summed E-state index contributed by atoms with van der Waals surface area (Å²) in [7, 11) is 0. The van der Waals surface area contributed by atoms with E-state index in [0.29, 0.717) is 44.6 Å². The molecule has 2 heterocycles. The van der Waals surface area contributed by atoms with Gasteiger partial charge in [0.15, 0.2) is 0 Å². The van der Waals surface area contributed by atoms with Gasteiger partial charge in [-0.15, -0.1) is 0 Å². The van der Waals surface area contributed by atoms with Crippen molar-refractivity contribution in [3.05, 3.63) is 30.1 Å². The second-order valence-corrected chi connectivity index (χ2v) is 6.66. The van der Waals surface area contributed by atoms with Crippen LogP contribution in [0.5, 0.6) is 0 Å². The van der Waals surface area contributed by atoms with Crippen LogP contribution >= 0.6 is 0 Å². The topological polar surface area (TPSA) is 84.7 Å². The highest BCUT2D eigenvalue weighted by atomic mass is 19.1. The lowest BCUT2D eigenvalue weighted by Gasteiger charge is -2.32. The summed E-state index contributed by atoms with van der Waals surface area (Å²) >= 11 is 0. The Labute approximate surface area is 146 Å². The lowest BCUT2D eigenvalue weighted by molar-refractivity contribution is -0.145. The zero-order valence-electron chi connectivity index (χ0n) is 14.1. The smallest absolute Gasteiger partial charge is 0.251 e. The second kappa shape index (κ2) is 7.93. The van der Waals surface area contributed by atoms with E-state index in [-0.39, 0.29) is 29.7 Å². The van der Waals surface area contributed by atoms with Crippen LogP contribution in [-0.4, -0.2) is 48.6 Å². The number of halogens is 1. The van der Waals surface area contributed by atoms with E-state index in [4.69, 9.17) is 10.5 Å². The average Bonchev–Trinajstić information content (AvgIpc) is 3.12. The predicted octanol–water partition coefficient (Wildman–Crippen LogP) is 1.51. The molecule has 6 nitrogen and oxygen atoms in total. The van der Waals surface area contributed by atoms with Gasteiger partial charge in [-0.25, -0.2) is 4.39 Å². The number of piperidine rings is 1. The molecule has 0 radical (unpaired) electrons. The van der Waals surface area contributed by atoms with Crippen LogP contribution in [0.15, 0.2) is 24.3 Å². The monoisotopic (exact) mass is 349 g/mol. The zero-order valence-corrected chi connectivity index (χ0v) is 14.1. The SMILES string of the molecule is NC[C@H]1CC[C@@H](C(=O)N2CCC(C(=O)Nc3ccc(F)cc3)CC2)O1. The molecule has 2 fully saturated rings. The molecular formula is C18H24FN3O3. The van der Waals surface area contributed by atoms with E-state index in [1.54, 1.807) is 4.90 Å². The number of nitrogens with one attached hydrogen (secondary N) is 1. The highest BCUT2D eigenvalue weighted by Crippen LogP contribution is 2.24. The molecule has 3 rings (SSSR count). The third kappa shape index (κ3) is 4.35. The van der Waals surface area contributed by atoms with Crippen molar-refractivity contribution in [2.24, 2.45) is 11.7 Å². The van der Waals surface area contributed by atoms with Crippen LogP contribution in [0.2, 0.25) is 0 Å². The van der Waals surface area contributed by atoms with Gasteiger partial charge in [0, 0.05) is 31.2 Å². The quantitative estimate of drug-likeness (QED) is 0.863. The van der Waals surface area contributed by atoms with Gasteiger partial charge in [0.05, 0.1) is 6.10 Å². The van der Waals surface area contributed by atoms with Crippen molar-refractivity contribution in [2.75, 3.05) is 25.0 Å². The molecule has 1 aromatic carbocycles. The van der Waals surface area contributed by atoms with E-state index in [1.807, 2.05) is 0 Å². The van der Waals surface area contributed by atoms with Gasteiger partial charge in [-0.3, -0.25) is 9.59 Å². The molecular weight excluding hydrogens is 325 g/mol. The van der Waals surface area contributed by atoms with Crippen LogP contribution in [-0.2, 0) is 14.3 Å². The van der Waals surface area contributed by atoms with Gasteiger partial charge in [-0.2, -0.15) is 0 Å². The minimum absolute atomic E-state index is 0.00772. The van der Waals surface area contributed by atoms with E-state index in [0.717, 1.165) is 6.42 Å². The third-order valence-electron chi connectivity index (χ3n) is 4.94. The molecule has 2 saturated heterocycles. The van der Waals surface area contributed by atoms with Crippen LogP contribution in [0, 0.1) is 11.7 Å². The van der Waals surface area contributed by atoms with E-state index < -0.39 is 6.10 Å². The van der Waals surface area contributed by atoms with Crippen molar-refractivity contribution in [1.82, 2.24) is 4.90 Å². The van der Waals surface area contributed by atoms with Gasteiger partial charge in [-0.05, 0) is 49.9 Å². The van der Waals surface area contributed by atoms with Crippen LogP contribution in [0.1, 0.15) is 25.7 Å². The Hall–Kier alpha value is -1.99. The molecule has 0 aromatic heterocycles. The van der Waals surface area contributed by atoms with Gasteiger partial charge < -0.3 is 20.7 Å². The van der Waals surface area contributed by atoms with Crippen molar-refractivity contribution in [3.63, 3.8) is 0 Å². The highest BCUT2D eigenvalue weighted by Gasteiger charge is 2.35. The molecule has 25 heavy (non-hydrogen) atoms. The number of hydrogen-bond acceptors (Lipinski definition) is 4. The molecule has 3 N–H and O–H groups in total. The fraction of sp³-hybridized carbons (Fsp3) is 0.556. The van der Waals surface area contributed by atoms with Crippen molar-refractivity contribution in [3.8, 4) is 0 Å². The summed E-state index contributed by atoms with van der Waals surface area (Å²) in [6.45, 7) is 1.54. The number of anilines is 1. The van der Waals surface area contributed by atoms with Crippen LogP contribution in [0.25, 0.3) is 0 Å². The largest absolute Gasteiger partial charge is 0.364 e. The summed E-state index contributed by atoms with van der Waals surface area (Å²) in [5, 5.41) is 2.80. The molecule has 2 amide bonds. The van der Waals surface area contributed by atoms with Gasteiger partial charge in [0.25, 0.3) is 5.91 Å². The second-order valence-electron chi connectivity index (χ2n) is 6.66. The number of amides is 2. The number of rotatable bonds is 4. The minimum atomic E-state index is -0.391. The summed E-state index contributed by atoms with van der Waals surface area (Å²) in [6.07, 6.45) is 2.36. The van der Waals surface area contributed by atoms with E-state index in [2.05, 4.69) is 5.32 Å². The number of nitrogens with two attached hydrogens (primary N) is 1. The Morgan fingerprint density at radius 2 is 1.84 bits per heavy atom. The average molecular weight is 349 g/mol. The van der Waals surface area contributed by atoms with E-state index >= 15 is 0 Å². The van der Waals surface area contributed by atoms with Gasteiger partial charge in [-0.1, -0.05) is 0 Å². The maximum atomic E-state index is 12.9. The molecule has 0 aliphatic carbocycles. The Morgan fingerprint density at radius 3 is 2.44 bits per heavy atom. The summed E-state index contributed by atoms with van der Waals surface area (Å²) in [6, 6.07) is 5.70. The van der Waals surface area contributed by atoms with Crippen LogP contribution in [0.4, 0.5) is 10.1 Å². The fourth-order valence-electron chi connectivity index (χ4n) is 3.40. The number of ether oxygens (including phenoxy) is 1. The maximum absolute atomic E-state index is 12.9. The molecule has 7 heteroatoms. The molecule has 1 aromatic rings. The number of likely N-dealkylation sites (tertiary alicyclic amines) is 1. The van der Waals surface area contributed by atoms with Crippen molar-refractivity contribution in [2.45, 2.75) is 37.9 Å². The predicted molar refractivity (Wildman–Crippen MR) is 91.3 cm³/mol. The molecule has 0 spiro atoms. The number of nitrogens with zero attached hydrogens (tertiary/aromatic N) is 1. The van der Waals surface area contributed by atoms with Gasteiger partial charge in [0.1, 0.15) is 11.9 Å². The first-order valence-corrected chi connectivity index (χ1v) is 8.77. The number of carbonyl (C=O) groups excluding carboxylic acids is 2. The summed E-state index contributed by atoms with van der Waals surface area (Å²) in [5.41, 5.74) is 6.16. The Kier molecular flexibility index (Phi) is 5.65. The summed E-state index contributed by atoms with van der Waals surface area (Å²) in [4.78, 5) is 26.6. The van der Waals surface area contributed by atoms with Crippen molar-refractivity contribution in [1.29, 1.82) is 0 Å². The zero-order chi connectivity index (χ0) is 17.8. The first-order chi connectivity index (χ1) is 12.1. The molecule has 2 aliphatic rings. The molecule has 2 aliphatic heterocycles. The van der Waals surface area contributed by atoms with E-state index in [9.17, 15) is 14.0 Å². The van der Waals surface area contributed by atoms with Crippen molar-refractivity contribution >= 4 is 17.5 Å². The van der Waals surface area contributed by atoms with Gasteiger partial charge >= 0.3 is 0 Å². The minimum Gasteiger partial charge on any atom is -0.364 e. The Bertz CT molecular complexity index is 614. The van der Waals surface area contributed by atoms with Gasteiger partial charge in [0.2, 0.25) is 5.91 Å². The van der Waals surface area contributed by atoms with Crippen LogP contribution in [0.3, 0.4) is 0 Å². The fourth-order valence-corrected chi connectivity index (χ4v) is 3.40. The Morgan fingerprint density at radius 1 is 1.16 bits per heavy atom. The molecule has 0 saturated carbocycles. The molecule has 2 atom stereocenters.